The molecule has 0 saturated heterocycles. The van der Waals surface area contributed by atoms with Crippen LogP contribution in [0.25, 0.3) is 0 Å². The van der Waals surface area contributed by atoms with Gasteiger partial charge >= 0.3 is 5.97 Å². The molecule has 0 radical (unpaired) electrons. The van der Waals surface area contributed by atoms with Crippen molar-refractivity contribution in [3.05, 3.63) is 99.3 Å². The molecule has 154 valence electrons. The second-order valence-corrected chi connectivity index (χ2v) is 6.62. The van der Waals surface area contributed by atoms with E-state index < -0.39 is 17.4 Å². The largest absolute Gasteiger partial charge is 0.462 e. The van der Waals surface area contributed by atoms with E-state index >= 15 is 0 Å². The van der Waals surface area contributed by atoms with E-state index in [9.17, 15) is 14.4 Å². The molecule has 0 atom stereocenters. The van der Waals surface area contributed by atoms with Gasteiger partial charge in [0.2, 0.25) is 0 Å². The normalized spacial score (nSPS) is 10.4. The van der Waals surface area contributed by atoms with Gasteiger partial charge in [-0.1, -0.05) is 60.7 Å². The Kier molecular flexibility index (Phi) is 6.64. The molecular weight excluding hydrogens is 382 g/mol. The highest BCUT2D eigenvalue weighted by molar-refractivity contribution is 6.00. The number of esters is 1. The molecule has 1 amide bonds. The highest BCUT2D eigenvalue weighted by Gasteiger charge is 2.22. The molecule has 0 bridgehead atoms. The SMILES string of the molecule is CCOC(=O)c1cc(C(=O)NCc2ccccc2)c(=O)n(Cc2ccccc2)c1N. The number of rotatable bonds is 7. The van der Waals surface area contributed by atoms with Crippen LogP contribution in [0, 0.1) is 0 Å². The third-order valence-corrected chi connectivity index (χ3v) is 4.55. The van der Waals surface area contributed by atoms with Crippen molar-refractivity contribution in [3.63, 3.8) is 0 Å². The van der Waals surface area contributed by atoms with Crippen molar-refractivity contribution in [3.8, 4) is 0 Å². The standard InChI is InChI=1S/C23H23N3O4/c1-2-30-23(29)18-13-19(21(27)25-14-16-9-5-3-6-10-16)22(28)26(20(18)24)15-17-11-7-4-8-12-17/h3-13H,2,14-15,24H2,1H3,(H,25,27). The molecule has 0 spiro atoms. The van der Waals surface area contributed by atoms with Gasteiger partial charge < -0.3 is 15.8 Å². The Balaban J connectivity index is 1.99. The summed E-state index contributed by atoms with van der Waals surface area (Å²) in [6.45, 7) is 2.18. The molecule has 1 heterocycles. The number of benzene rings is 2. The van der Waals surface area contributed by atoms with Crippen molar-refractivity contribution in [2.45, 2.75) is 20.0 Å². The van der Waals surface area contributed by atoms with Crippen molar-refractivity contribution < 1.29 is 14.3 Å². The topological polar surface area (TPSA) is 103 Å². The van der Waals surface area contributed by atoms with Crippen LogP contribution in [0.1, 0.15) is 38.8 Å². The number of pyridine rings is 1. The van der Waals surface area contributed by atoms with Gasteiger partial charge in [-0.05, 0) is 24.1 Å². The first-order valence-electron chi connectivity index (χ1n) is 9.57. The summed E-state index contributed by atoms with van der Waals surface area (Å²) in [5.74, 6) is -1.31. The number of nitrogens with two attached hydrogens (primary N) is 1. The summed E-state index contributed by atoms with van der Waals surface area (Å²) in [5, 5.41) is 2.72. The second kappa shape index (κ2) is 9.56. The number of anilines is 1. The highest BCUT2D eigenvalue weighted by Crippen LogP contribution is 2.15. The Labute approximate surface area is 174 Å². The zero-order chi connectivity index (χ0) is 21.5. The van der Waals surface area contributed by atoms with Crippen LogP contribution in [0.15, 0.2) is 71.5 Å². The molecule has 0 unspecified atom stereocenters. The minimum atomic E-state index is -0.686. The Bertz CT molecular complexity index is 1090. The molecule has 2 aromatic carbocycles. The molecule has 0 aliphatic rings. The summed E-state index contributed by atoms with van der Waals surface area (Å²) in [7, 11) is 0. The van der Waals surface area contributed by atoms with Crippen LogP contribution < -0.4 is 16.6 Å². The zero-order valence-electron chi connectivity index (χ0n) is 16.6. The fourth-order valence-electron chi connectivity index (χ4n) is 3.01. The van der Waals surface area contributed by atoms with Crippen molar-refractivity contribution in [2.75, 3.05) is 12.3 Å². The molecule has 0 fully saturated rings. The maximum atomic E-state index is 13.0. The number of hydrogen-bond donors (Lipinski definition) is 2. The Morgan fingerprint density at radius 2 is 1.57 bits per heavy atom. The minimum absolute atomic E-state index is 0.0164. The van der Waals surface area contributed by atoms with E-state index in [-0.39, 0.29) is 36.6 Å². The van der Waals surface area contributed by atoms with Crippen LogP contribution >= 0.6 is 0 Å². The third kappa shape index (κ3) is 4.75. The number of carbonyl (C=O) groups is 2. The monoisotopic (exact) mass is 405 g/mol. The van der Waals surface area contributed by atoms with E-state index in [4.69, 9.17) is 10.5 Å². The van der Waals surface area contributed by atoms with Gasteiger partial charge in [0.15, 0.2) is 0 Å². The number of nitrogen functional groups attached to an aromatic ring is 1. The quantitative estimate of drug-likeness (QED) is 0.588. The van der Waals surface area contributed by atoms with Gasteiger partial charge in [0.05, 0.1) is 13.2 Å². The first-order valence-corrected chi connectivity index (χ1v) is 9.57. The molecule has 7 heteroatoms. The number of hydrogen-bond acceptors (Lipinski definition) is 5. The number of nitrogens with one attached hydrogen (secondary N) is 1. The fraction of sp³-hybridized carbons (Fsp3) is 0.174. The summed E-state index contributed by atoms with van der Waals surface area (Å²) >= 11 is 0. The molecule has 0 aliphatic heterocycles. The van der Waals surface area contributed by atoms with Crippen LogP contribution in [0.5, 0.6) is 0 Å². The number of aromatic nitrogens is 1. The molecule has 0 aliphatic carbocycles. The van der Waals surface area contributed by atoms with Crippen LogP contribution in [0.4, 0.5) is 5.82 Å². The zero-order valence-corrected chi connectivity index (χ0v) is 16.6. The summed E-state index contributed by atoms with van der Waals surface area (Å²) in [6, 6.07) is 19.7. The minimum Gasteiger partial charge on any atom is -0.462 e. The Morgan fingerprint density at radius 1 is 0.967 bits per heavy atom. The van der Waals surface area contributed by atoms with Crippen molar-refractivity contribution in [2.24, 2.45) is 0 Å². The Morgan fingerprint density at radius 3 is 2.17 bits per heavy atom. The van der Waals surface area contributed by atoms with Gasteiger partial charge in [0.25, 0.3) is 11.5 Å². The van der Waals surface area contributed by atoms with E-state index in [1.165, 1.54) is 10.6 Å². The summed E-state index contributed by atoms with van der Waals surface area (Å²) in [5.41, 5.74) is 7.06. The lowest BCUT2D eigenvalue weighted by Gasteiger charge is -2.15. The number of nitrogens with zero attached hydrogens (tertiary/aromatic N) is 1. The van der Waals surface area contributed by atoms with Gasteiger partial charge in [-0.2, -0.15) is 0 Å². The van der Waals surface area contributed by atoms with Gasteiger partial charge in [-0.3, -0.25) is 14.2 Å². The van der Waals surface area contributed by atoms with E-state index in [2.05, 4.69) is 5.32 Å². The van der Waals surface area contributed by atoms with Crippen molar-refractivity contribution in [1.82, 2.24) is 9.88 Å². The van der Waals surface area contributed by atoms with Crippen molar-refractivity contribution >= 4 is 17.7 Å². The average Bonchev–Trinajstić information content (AvgIpc) is 2.76. The highest BCUT2D eigenvalue weighted by atomic mass is 16.5. The third-order valence-electron chi connectivity index (χ3n) is 4.55. The van der Waals surface area contributed by atoms with Crippen LogP contribution in [-0.2, 0) is 17.8 Å². The first-order chi connectivity index (χ1) is 14.5. The summed E-state index contributed by atoms with van der Waals surface area (Å²) < 4.78 is 6.27. The molecule has 3 rings (SSSR count). The maximum Gasteiger partial charge on any atom is 0.341 e. The lowest BCUT2D eigenvalue weighted by atomic mass is 10.1. The molecule has 3 N–H and O–H groups in total. The second-order valence-electron chi connectivity index (χ2n) is 6.62. The molecule has 7 nitrogen and oxygen atoms in total. The van der Waals surface area contributed by atoms with Gasteiger partial charge in [0.1, 0.15) is 16.9 Å². The predicted octanol–water partition coefficient (Wildman–Crippen LogP) is 2.59. The van der Waals surface area contributed by atoms with E-state index in [0.717, 1.165) is 11.1 Å². The number of amides is 1. The lowest BCUT2D eigenvalue weighted by molar-refractivity contribution is 0.0526. The molecule has 1 aromatic heterocycles. The fourth-order valence-corrected chi connectivity index (χ4v) is 3.01. The predicted molar refractivity (Wildman–Crippen MR) is 114 cm³/mol. The average molecular weight is 405 g/mol. The summed E-state index contributed by atoms with van der Waals surface area (Å²) in [6.07, 6.45) is 0. The Hall–Kier alpha value is -3.87. The first kappa shape index (κ1) is 20.9. The van der Waals surface area contributed by atoms with Crippen LogP contribution in [0.3, 0.4) is 0 Å². The lowest BCUT2D eigenvalue weighted by Crippen LogP contribution is -2.35. The molecule has 30 heavy (non-hydrogen) atoms. The van der Waals surface area contributed by atoms with E-state index in [1.54, 1.807) is 6.92 Å². The smallest absolute Gasteiger partial charge is 0.341 e. The van der Waals surface area contributed by atoms with E-state index in [0.29, 0.717) is 0 Å². The van der Waals surface area contributed by atoms with Crippen LogP contribution in [-0.4, -0.2) is 23.1 Å². The van der Waals surface area contributed by atoms with Gasteiger partial charge in [-0.25, -0.2) is 4.79 Å². The molecule has 3 aromatic rings. The van der Waals surface area contributed by atoms with Gasteiger partial charge in [-0.15, -0.1) is 0 Å². The molecule has 0 saturated carbocycles. The van der Waals surface area contributed by atoms with E-state index in [1.807, 2.05) is 60.7 Å². The number of ether oxygens (including phenoxy) is 1. The maximum absolute atomic E-state index is 13.0. The van der Waals surface area contributed by atoms with Crippen molar-refractivity contribution in [1.29, 1.82) is 0 Å². The van der Waals surface area contributed by atoms with Crippen LogP contribution in [0.2, 0.25) is 0 Å². The van der Waals surface area contributed by atoms with Gasteiger partial charge in [0, 0.05) is 6.54 Å². The molecular formula is C23H23N3O4. The summed E-state index contributed by atoms with van der Waals surface area (Å²) in [4.78, 5) is 38.2. The number of carbonyl (C=O) groups excluding carboxylic acids is 2.